The van der Waals surface area contributed by atoms with Gasteiger partial charge < -0.3 is 5.32 Å². The number of halogens is 1. The molecule has 0 aromatic heterocycles. The van der Waals surface area contributed by atoms with Crippen LogP contribution in [0.1, 0.15) is 19.4 Å². The molecule has 0 bridgehead atoms. The van der Waals surface area contributed by atoms with Crippen molar-refractivity contribution in [2.24, 2.45) is 4.99 Å². The van der Waals surface area contributed by atoms with Crippen LogP contribution in [0.15, 0.2) is 29.3 Å². The molecule has 0 fully saturated rings. The Hall–Kier alpha value is -1.02. The summed E-state index contributed by atoms with van der Waals surface area (Å²) in [5.74, 6) is 1.04. The molecule has 0 amide bonds. The number of hydrogen-bond acceptors (Lipinski definition) is 2. The maximum absolute atomic E-state index is 6.20. The minimum Gasteiger partial charge on any atom is -0.371 e. The van der Waals surface area contributed by atoms with Crippen molar-refractivity contribution in [3.8, 4) is 0 Å². The van der Waals surface area contributed by atoms with E-state index >= 15 is 0 Å². The molecule has 3 heteroatoms. The van der Waals surface area contributed by atoms with E-state index in [9.17, 15) is 0 Å². The molecule has 1 heterocycles. The summed E-state index contributed by atoms with van der Waals surface area (Å²) < 4.78 is 0. The lowest BCUT2D eigenvalue weighted by molar-refractivity contribution is 0.695. The molecule has 0 saturated heterocycles. The maximum Gasteiger partial charge on any atom is 0.107 e. The van der Waals surface area contributed by atoms with E-state index in [1.54, 1.807) is 0 Å². The molecule has 80 valence electrons. The Morgan fingerprint density at radius 1 is 1.33 bits per heavy atom. The zero-order chi connectivity index (χ0) is 10.9. The van der Waals surface area contributed by atoms with Crippen LogP contribution < -0.4 is 5.32 Å². The van der Waals surface area contributed by atoms with E-state index in [1.165, 1.54) is 0 Å². The van der Waals surface area contributed by atoms with Gasteiger partial charge in [-0.2, -0.15) is 0 Å². The fraction of sp³-hybridized carbons (Fsp3) is 0.417. The van der Waals surface area contributed by atoms with E-state index < -0.39 is 0 Å². The first-order valence-corrected chi connectivity index (χ1v) is 5.54. The molecule has 1 aliphatic rings. The third-order valence-electron chi connectivity index (χ3n) is 2.81. The van der Waals surface area contributed by atoms with Crippen LogP contribution in [0.2, 0.25) is 5.02 Å². The normalized spacial score (nSPS) is 16.1. The highest BCUT2D eigenvalue weighted by molar-refractivity contribution is 6.31. The standard InChI is InChI=1S/C12H15ClN2/c1-12(2,11-14-7-8-15-11)9-5-3-4-6-10(9)13/h3-6H,7-8H2,1-2H3,(H,14,15). The number of aliphatic imine (C=N–C) groups is 1. The Kier molecular flexibility index (Phi) is 2.70. The second-order valence-corrected chi connectivity index (χ2v) is 4.67. The van der Waals surface area contributed by atoms with Crippen molar-refractivity contribution in [2.75, 3.05) is 13.1 Å². The largest absolute Gasteiger partial charge is 0.371 e. The van der Waals surface area contributed by atoms with Gasteiger partial charge in [0.2, 0.25) is 0 Å². The van der Waals surface area contributed by atoms with Crippen LogP contribution in [0.25, 0.3) is 0 Å². The molecule has 2 nitrogen and oxygen atoms in total. The molecule has 0 atom stereocenters. The van der Waals surface area contributed by atoms with Crippen LogP contribution in [-0.4, -0.2) is 18.9 Å². The lowest BCUT2D eigenvalue weighted by Crippen LogP contribution is -2.37. The van der Waals surface area contributed by atoms with Crippen molar-refractivity contribution >= 4 is 17.4 Å². The lowest BCUT2D eigenvalue weighted by Gasteiger charge is -2.26. The topological polar surface area (TPSA) is 24.4 Å². The van der Waals surface area contributed by atoms with Gasteiger partial charge in [-0.1, -0.05) is 29.8 Å². The molecule has 0 radical (unpaired) electrons. The second kappa shape index (κ2) is 3.86. The zero-order valence-electron chi connectivity index (χ0n) is 9.05. The molecule has 1 N–H and O–H groups in total. The maximum atomic E-state index is 6.20. The van der Waals surface area contributed by atoms with Gasteiger partial charge in [-0.15, -0.1) is 0 Å². The van der Waals surface area contributed by atoms with Gasteiger partial charge in [0, 0.05) is 17.0 Å². The van der Waals surface area contributed by atoms with E-state index in [1.807, 2.05) is 18.2 Å². The SMILES string of the molecule is CC(C)(C1=NCCN1)c1ccccc1Cl. The monoisotopic (exact) mass is 222 g/mol. The number of benzene rings is 1. The number of nitrogens with one attached hydrogen (secondary N) is 1. The molecule has 0 saturated carbocycles. The first-order valence-electron chi connectivity index (χ1n) is 5.16. The molecule has 2 rings (SSSR count). The summed E-state index contributed by atoms with van der Waals surface area (Å²) in [5.41, 5.74) is 0.995. The third kappa shape index (κ3) is 1.86. The van der Waals surface area contributed by atoms with Crippen molar-refractivity contribution in [2.45, 2.75) is 19.3 Å². The molecule has 1 aromatic rings. The van der Waals surface area contributed by atoms with Gasteiger partial charge in [-0.3, -0.25) is 4.99 Å². The minimum absolute atomic E-state index is 0.130. The molecular formula is C12H15ClN2. The van der Waals surface area contributed by atoms with Crippen LogP contribution in [-0.2, 0) is 5.41 Å². The summed E-state index contributed by atoms with van der Waals surface area (Å²) in [4.78, 5) is 4.47. The van der Waals surface area contributed by atoms with E-state index in [4.69, 9.17) is 11.6 Å². The first kappa shape index (κ1) is 10.5. The van der Waals surface area contributed by atoms with Crippen molar-refractivity contribution in [3.05, 3.63) is 34.9 Å². The van der Waals surface area contributed by atoms with Gasteiger partial charge in [0.1, 0.15) is 5.84 Å². The van der Waals surface area contributed by atoms with E-state index in [2.05, 4.69) is 30.2 Å². The fourth-order valence-electron chi connectivity index (χ4n) is 1.91. The summed E-state index contributed by atoms with van der Waals surface area (Å²) in [6.07, 6.45) is 0. The van der Waals surface area contributed by atoms with Crippen LogP contribution in [0.5, 0.6) is 0 Å². The minimum atomic E-state index is -0.130. The number of amidine groups is 1. The summed E-state index contributed by atoms with van der Waals surface area (Å²) in [6, 6.07) is 7.95. The number of rotatable bonds is 2. The Balaban J connectivity index is 2.41. The van der Waals surface area contributed by atoms with E-state index in [0.29, 0.717) is 0 Å². The molecule has 15 heavy (non-hydrogen) atoms. The Morgan fingerprint density at radius 2 is 2.07 bits per heavy atom. The van der Waals surface area contributed by atoms with Gasteiger partial charge in [0.05, 0.1) is 6.54 Å². The predicted molar refractivity (Wildman–Crippen MR) is 64.8 cm³/mol. The van der Waals surface area contributed by atoms with Gasteiger partial charge >= 0.3 is 0 Å². The molecular weight excluding hydrogens is 208 g/mol. The quantitative estimate of drug-likeness (QED) is 0.818. The predicted octanol–water partition coefficient (Wildman–Crippen LogP) is 2.62. The average Bonchev–Trinajstić information content (AvgIpc) is 2.71. The Labute approximate surface area is 95.4 Å². The van der Waals surface area contributed by atoms with Gasteiger partial charge in [0.25, 0.3) is 0 Å². The van der Waals surface area contributed by atoms with Crippen LogP contribution in [0.3, 0.4) is 0 Å². The van der Waals surface area contributed by atoms with Gasteiger partial charge in [-0.25, -0.2) is 0 Å². The van der Waals surface area contributed by atoms with Gasteiger partial charge in [0.15, 0.2) is 0 Å². The van der Waals surface area contributed by atoms with Crippen molar-refractivity contribution in [1.82, 2.24) is 5.32 Å². The van der Waals surface area contributed by atoms with Crippen molar-refractivity contribution < 1.29 is 0 Å². The third-order valence-corrected chi connectivity index (χ3v) is 3.14. The smallest absolute Gasteiger partial charge is 0.107 e. The molecule has 0 aliphatic carbocycles. The molecule has 0 unspecified atom stereocenters. The molecule has 0 spiro atoms. The summed E-state index contributed by atoms with van der Waals surface area (Å²) in [7, 11) is 0. The highest BCUT2D eigenvalue weighted by atomic mass is 35.5. The van der Waals surface area contributed by atoms with E-state index in [0.717, 1.165) is 29.5 Å². The summed E-state index contributed by atoms with van der Waals surface area (Å²) in [6.45, 7) is 6.09. The first-order chi connectivity index (χ1) is 7.12. The molecule has 1 aromatic carbocycles. The number of hydrogen-bond donors (Lipinski definition) is 1. The summed E-state index contributed by atoms with van der Waals surface area (Å²) >= 11 is 6.20. The highest BCUT2D eigenvalue weighted by Gasteiger charge is 2.30. The van der Waals surface area contributed by atoms with Crippen LogP contribution in [0, 0.1) is 0 Å². The summed E-state index contributed by atoms with van der Waals surface area (Å²) in [5, 5.41) is 4.12. The Bertz CT molecular complexity index is 396. The average molecular weight is 223 g/mol. The van der Waals surface area contributed by atoms with E-state index in [-0.39, 0.29) is 5.41 Å². The van der Waals surface area contributed by atoms with Crippen molar-refractivity contribution in [3.63, 3.8) is 0 Å². The number of nitrogens with zero attached hydrogens (tertiary/aromatic N) is 1. The highest BCUT2D eigenvalue weighted by Crippen LogP contribution is 2.30. The van der Waals surface area contributed by atoms with Crippen LogP contribution in [0.4, 0.5) is 0 Å². The second-order valence-electron chi connectivity index (χ2n) is 4.26. The van der Waals surface area contributed by atoms with Crippen LogP contribution >= 0.6 is 11.6 Å². The zero-order valence-corrected chi connectivity index (χ0v) is 9.80. The fourth-order valence-corrected chi connectivity index (χ4v) is 2.28. The van der Waals surface area contributed by atoms with Crippen molar-refractivity contribution in [1.29, 1.82) is 0 Å². The molecule has 1 aliphatic heterocycles. The van der Waals surface area contributed by atoms with Gasteiger partial charge in [-0.05, 0) is 25.5 Å². The lowest BCUT2D eigenvalue weighted by atomic mass is 9.83. The Morgan fingerprint density at radius 3 is 2.67 bits per heavy atom.